The van der Waals surface area contributed by atoms with Crippen LogP contribution in [0.5, 0.6) is 0 Å². The first-order valence-corrected chi connectivity index (χ1v) is 12.3. The van der Waals surface area contributed by atoms with Crippen LogP contribution < -0.4 is 5.73 Å². The summed E-state index contributed by atoms with van der Waals surface area (Å²) in [6.07, 6.45) is 12.0. The molecule has 1 atom stereocenters. The van der Waals surface area contributed by atoms with Crippen LogP contribution in [-0.2, 0) is 20.6 Å². The third-order valence-corrected chi connectivity index (χ3v) is 4.94. The normalized spacial score (nSPS) is 12.2. The molecule has 2 aromatic heterocycles. The summed E-state index contributed by atoms with van der Waals surface area (Å²) in [7, 11) is -4.16. The zero-order chi connectivity index (χ0) is 24.0. The van der Waals surface area contributed by atoms with E-state index in [4.69, 9.17) is 25.4 Å². The van der Waals surface area contributed by atoms with Crippen LogP contribution in [0.15, 0.2) is 25.3 Å². The topological polar surface area (TPSA) is 174 Å². The second kappa shape index (κ2) is 14.7. The molecule has 0 saturated heterocycles. The van der Waals surface area contributed by atoms with E-state index in [9.17, 15) is 9.36 Å². The highest BCUT2D eigenvalue weighted by Crippen LogP contribution is 2.34. The smallest absolute Gasteiger partial charge is 0.350 e. The van der Waals surface area contributed by atoms with E-state index in [1.807, 2.05) is 6.08 Å². The first-order chi connectivity index (χ1) is 15.1. The average molecular weight is 471 g/mol. The van der Waals surface area contributed by atoms with Gasteiger partial charge in [-0.1, -0.05) is 31.8 Å². The van der Waals surface area contributed by atoms with Crippen molar-refractivity contribution in [3.8, 4) is 0 Å². The Labute approximate surface area is 187 Å². The molecule has 32 heavy (non-hydrogen) atoms. The van der Waals surface area contributed by atoms with E-state index in [2.05, 4.69) is 21.5 Å². The molecule has 2 aromatic rings. The van der Waals surface area contributed by atoms with Gasteiger partial charge >= 0.3 is 13.6 Å². The fourth-order valence-corrected chi connectivity index (χ4v) is 3.31. The molecular weight excluding hydrogens is 437 g/mol. The van der Waals surface area contributed by atoms with Gasteiger partial charge in [-0.3, -0.25) is 9.36 Å². The Morgan fingerprint density at radius 3 is 2.50 bits per heavy atom. The Morgan fingerprint density at radius 2 is 1.88 bits per heavy atom. The molecule has 2 heterocycles. The van der Waals surface area contributed by atoms with Crippen molar-refractivity contribution in [2.45, 2.75) is 70.9 Å². The van der Waals surface area contributed by atoms with E-state index in [0.717, 1.165) is 19.3 Å². The standard InChI is InChI=1S/C11H20O2.C9H14N5O4P/c1-2-3-4-5-6-7-8-9-10-11(12)13;1-6(18-5-19(15,16)17)2-14-4-13-7-8(10)11-3-12-9(7)14/h2H,1,3-10H2,(H,12,13);3-4,6H,2,5H2,1H3,(H2,10,11,12)(H2,15,16,17)/t;6-/m.1/s1. The molecule has 0 fully saturated rings. The third kappa shape index (κ3) is 11.9. The maximum absolute atomic E-state index is 10.7. The van der Waals surface area contributed by atoms with Gasteiger partial charge in [0.05, 0.1) is 19.0 Å². The van der Waals surface area contributed by atoms with E-state index < -0.39 is 26.0 Å². The Balaban J connectivity index is 0.000000347. The molecular formula is C20H34N5O6P. The molecule has 5 N–H and O–H groups in total. The molecule has 0 aromatic carbocycles. The van der Waals surface area contributed by atoms with Crippen molar-refractivity contribution in [2.24, 2.45) is 0 Å². The molecule has 12 heteroatoms. The maximum Gasteiger partial charge on any atom is 0.350 e. The van der Waals surface area contributed by atoms with Gasteiger partial charge in [-0.05, 0) is 26.2 Å². The number of imidazole rings is 1. The summed E-state index contributed by atoms with van der Waals surface area (Å²) in [5.74, 6) is -0.390. The van der Waals surface area contributed by atoms with E-state index in [-0.39, 0.29) is 5.82 Å². The van der Waals surface area contributed by atoms with Crippen LogP contribution in [0.2, 0.25) is 0 Å². The minimum Gasteiger partial charge on any atom is -0.481 e. The van der Waals surface area contributed by atoms with Gasteiger partial charge in [-0.2, -0.15) is 0 Å². The molecule has 180 valence electrons. The number of allylic oxidation sites excluding steroid dienone is 1. The fourth-order valence-electron chi connectivity index (χ4n) is 2.86. The summed E-state index contributed by atoms with van der Waals surface area (Å²) in [6.45, 7) is 5.72. The summed E-state index contributed by atoms with van der Waals surface area (Å²) < 4.78 is 17.5. The van der Waals surface area contributed by atoms with Crippen molar-refractivity contribution >= 4 is 30.5 Å². The number of anilines is 1. The molecule has 0 unspecified atom stereocenters. The van der Waals surface area contributed by atoms with Gasteiger partial charge in [0.1, 0.15) is 18.2 Å². The van der Waals surface area contributed by atoms with Crippen LogP contribution in [0, 0.1) is 0 Å². The SMILES string of the molecule is C=CCCCCCCCCC(=O)O.C[C@H](Cn1cnc2c(N)ncnc21)OCP(=O)(O)O. The summed E-state index contributed by atoms with van der Waals surface area (Å²) in [6, 6.07) is 0. The lowest BCUT2D eigenvalue weighted by molar-refractivity contribution is -0.137. The number of fused-ring (bicyclic) bond motifs is 1. The first kappa shape index (κ1) is 27.7. The van der Waals surface area contributed by atoms with Crippen molar-refractivity contribution in [1.82, 2.24) is 19.5 Å². The minimum atomic E-state index is -4.16. The molecule has 0 saturated carbocycles. The zero-order valence-corrected chi connectivity index (χ0v) is 19.4. The van der Waals surface area contributed by atoms with Crippen LogP contribution in [0.3, 0.4) is 0 Å². The number of nitrogens with zero attached hydrogens (tertiary/aromatic N) is 4. The van der Waals surface area contributed by atoms with Crippen LogP contribution in [0.1, 0.15) is 58.3 Å². The van der Waals surface area contributed by atoms with Crippen LogP contribution in [0.25, 0.3) is 11.2 Å². The second-order valence-corrected chi connectivity index (χ2v) is 9.03. The van der Waals surface area contributed by atoms with Crippen LogP contribution in [0.4, 0.5) is 5.82 Å². The number of carbonyl (C=O) groups is 1. The van der Waals surface area contributed by atoms with Gasteiger partial charge in [0, 0.05) is 6.42 Å². The van der Waals surface area contributed by atoms with Crippen LogP contribution in [-0.4, -0.2) is 52.8 Å². The number of aromatic nitrogens is 4. The lowest BCUT2D eigenvalue weighted by atomic mass is 10.1. The number of carboxylic acids is 1. The summed E-state index contributed by atoms with van der Waals surface area (Å²) in [5, 5.41) is 8.38. The molecule has 0 aliphatic heterocycles. The lowest BCUT2D eigenvalue weighted by Crippen LogP contribution is -2.17. The van der Waals surface area contributed by atoms with Gasteiger partial charge in [0.2, 0.25) is 0 Å². The van der Waals surface area contributed by atoms with Crippen molar-refractivity contribution in [2.75, 3.05) is 12.1 Å². The summed E-state index contributed by atoms with van der Waals surface area (Å²) >= 11 is 0. The number of aliphatic carboxylic acids is 1. The third-order valence-electron chi connectivity index (χ3n) is 4.46. The predicted octanol–water partition coefficient (Wildman–Crippen LogP) is 3.33. The van der Waals surface area contributed by atoms with Gasteiger partial charge in [-0.15, -0.1) is 6.58 Å². The molecule has 11 nitrogen and oxygen atoms in total. The molecule has 0 aliphatic rings. The highest BCUT2D eigenvalue weighted by molar-refractivity contribution is 7.51. The number of unbranched alkanes of at least 4 members (excludes halogenated alkanes) is 6. The number of hydrogen-bond donors (Lipinski definition) is 4. The fraction of sp³-hybridized carbons (Fsp3) is 0.600. The largest absolute Gasteiger partial charge is 0.481 e. The zero-order valence-electron chi connectivity index (χ0n) is 18.5. The number of hydrogen-bond acceptors (Lipinski definition) is 7. The molecule has 0 aliphatic carbocycles. The minimum absolute atomic E-state index is 0.285. The van der Waals surface area contributed by atoms with Crippen molar-refractivity contribution < 1.29 is 29.0 Å². The molecule has 0 spiro atoms. The van der Waals surface area contributed by atoms with E-state index in [1.54, 1.807) is 11.5 Å². The molecule has 2 rings (SSSR count). The van der Waals surface area contributed by atoms with Gasteiger partial charge < -0.3 is 29.9 Å². The number of ether oxygens (including phenoxy) is 1. The highest BCUT2D eigenvalue weighted by Gasteiger charge is 2.17. The Kier molecular flexibility index (Phi) is 12.7. The van der Waals surface area contributed by atoms with Crippen molar-refractivity contribution in [1.29, 1.82) is 0 Å². The predicted molar refractivity (Wildman–Crippen MR) is 122 cm³/mol. The summed E-state index contributed by atoms with van der Waals surface area (Å²) in [4.78, 5) is 39.6. The van der Waals surface area contributed by atoms with Gasteiger partial charge in [0.15, 0.2) is 11.5 Å². The van der Waals surface area contributed by atoms with Crippen molar-refractivity contribution in [3.63, 3.8) is 0 Å². The quantitative estimate of drug-likeness (QED) is 0.182. The Hall–Kier alpha value is -2.33. The van der Waals surface area contributed by atoms with Gasteiger partial charge in [-0.25, -0.2) is 15.0 Å². The number of nitrogen functional groups attached to an aromatic ring is 1. The molecule has 0 amide bonds. The number of nitrogens with two attached hydrogens (primary N) is 1. The lowest BCUT2D eigenvalue weighted by Gasteiger charge is -2.14. The second-order valence-electron chi connectivity index (χ2n) is 7.44. The highest BCUT2D eigenvalue weighted by atomic mass is 31.2. The average Bonchev–Trinajstić information content (AvgIpc) is 3.12. The number of carboxylic acid groups (broad SMARTS) is 1. The van der Waals surface area contributed by atoms with E-state index in [1.165, 1.54) is 38.3 Å². The van der Waals surface area contributed by atoms with Gasteiger partial charge in [0.25, 0.3) is 0 Å². The molecule has 0 bridgehead atoms. The van der Waals surface area contributed by atoms with Crippen LogP contribution >= 0.6 is 7.60 Å². The Morgan fingerprint density at radius 1 is 1.22 bits per heavy atom. The first-order valence-electron chi connectivity index (χ1n) is 10.5. The molecule has 0 radical (unpaired) electrons. The summed E-state index contributed by atoms with van der Waals surface area (Å²) in [5.41, 5.74) is 6.70. The maximum atomic E-state index is 10.7. The number of rotatable bonds is 14. The van der Waals surface area contributed by atoms with Crippen molar-refractivity contribution in [3.05, 3.63) is 25.3 Å². The Bertz CT molecular complexity index is 884. The van der Waals surface area contributed by atoms with E-state index >= 15 is 0 Å². The monoisotopic (exact) mass is 471 g/mol. The van der Waals surface area contributed by atoms with E-state index in [0.29, 0.717) is 24.1 Å².